The van der Waals surface area contributed by atoms with Gasteiger partial charge in [0.05, 0.1) is 17.2 Å². The van der Waals surface area contributed by atoms with Crippen LogP contribution in [0.15, 0.2) is 46.9 Å². The molecule has 2 aromatic carbocycles. The third kappa shape index (κ3) is 5.18. The number of rotatable bonds is 4. The highest BCUT2D eigenvalue weighted by atomic mass is 79.9. The number of carbonyl (C=O) groups is 1. The number of amides is 1. The Morgan fingerprint density at radius 2 is 1.81 bits per heavy atom. The summed E-state index contributed by atoms with van der Waals surface area (Å²) in [6, 6.07) is 10.5. The molecule has 0 saturated carbocycles. The van der Waals surface area contributed by atoms with Crippen LogP contribution in [-0.4, -0.2) is 11.0 Å². The summed E-state index contributed by atoms with van der Waals surface area (Å²) in [5.74, 6) is -1.14. The molecule has 138 valence electrons. The number of alkyl halides is 3. The van der Waals surface area contributed by atoms with Crippen molar-refractivity contribution in [2.45, 2.75) is 19.1 Å². The molecule has 0 unspecified atom stereocenters. The van der Waals surface area contributed by atoms with Gasteiger partial charge in [-0.2, -0.15) is 13.2 Å². The summed E-state index contributed by atoms with van der Waals surface area (Å²) in [5, 5.41) is 5.84. The fourth-order valence-corrected chi connectivity index (χ4v) is 2.83. The lowest BCUT2D eigenvalue weighted by Gasteiger charge is -2.18. The first kappa shape index (κ1) is 20.2. The number of halogens is 4. The molecule has 0 aliphatic carbocycles. The molecular formula is C17H15BrF3N3OS. The minimum atomic E-state index is -4.71. The topological polar surface area (TPSA) is 67.2 Å². The molecule has 4 N–H and O–H groups in total. The number of hydrogen-bond acceptors (Lipinski definition) is 2. The van der Waals surface area contributed by atoms with E-state index in [0.29, 0.717) is 0 Å². The van der Waals surface area contributed by atoms with Crippen molar-refractivity contribution in [1.82, 2.24) is 5.32 Å². The highest BCUT2D eigenvalue weighted by molar-refractivity contribution is 9.10. The summed E-state index contributed by atoms with van der Waals surface area (Å²) in [5.41, 5.74) is 4.35. The fraction of sp³-hybridized carbons (Fsp3) is 0.176. The van der Waals surface area contributed by atoms with Gasteiger partial charge < -0.3 is 16.4 Å². The van der Waals surface area contributed by atoms with Crippen LogP contribution in [-0.2, 0) is 6.18 Å². The smallest absolute Gasteiger partial charge is 0.366 e. The van der Waals surface area contributed by atoms with Crippen LogP contribution in [0.5, 0.6) is 0 Å². The largest absolute Gasteiger partial charge is 0.417 e. The molecule has 0 aliphatic heterocycles. The van der Waals surface area contributed by atoms with E-state index < -0.39 is 23.2 Å². The number of primary amides is 1. The van der Waals surface area contributed by atoms with Crippen molar-refractivity contribution in [3.63, 3.8) is 0 Å². The Morgan fingerprint density at radius 1 is 1.19 bits per heavy atom. The van der Waals surface area contributed by atoms with Gasteiger partial charge in [-0.25, -0.2) is 0 Å². The van der Waals surface area contributed by atoms with E-state index in [-0.39, 0.29) is 16.8 Å². The van der Waals surface area contributed by atoms with E-state index in [1.165, 1.54) is 6.07 Å². The zero-order chi connectivity index (χ0) is 19.5. The van der Waals surface area contributed by atoms with Crippen LogP contribution in [0.3, 0.4) is 0 Å². The minimum Gasteiger partial charge on any atom is -0.366 e. The van der Waals surface area contributed by atoms with Gasteiger partial charge in [0.25, 0.3) is 0 Å². The van der Waals surface area contributed by atoms with Crippen LogP contribution in [0.25, 0.3) is 0 Å². The van der Waals surface area contributed by atoms with Crippen LogP contribution in [0, 0.1) is 0 Å². The Morgan fingerprint density at radius 3 is 2.35 bits per heavy atom. The fourth-order valence-electron chi connectivity index (χ4n) is 2.27. The van der Waals surface area contributed by atoms with Gasteiger partial charge in [-0.1, -0.05) is 28.1 Å². The normalized spacial score (nSPS) is 12.3. The predicted octanol–water partition coefficient (Wildman–Crippen LogP) is 4.61. The molecule has 0 fully saturated rings. The summed E-state index contributed by atoms with van der Waals surface area (Å²) in [4.78, 5) is 11.2. The molecule has 0 saturated heterocycles. The lowest BCUT2D eigenvalue weighted by atomic mass is 10.1. The van der Waals surface area contributed by atoms with Crippen LogP contribution in [0.2, 0.25) is 0 Å². The van der Waals surface area contributed by atoms with Gasteiger partial charge in [0, 0.05) is 10.2 Å². The van der Waals surface area contributed by atoms with Crippen LogP contribution in [0.4, 0.5) is 18.9 Å². The van der Waals surface area contributed by atoms with E-state index >= 15 is 0 Å². The van der Waals surface area contributed by atoms with E-state index in [1.807, 2.05) is 31.2 Å². The Hall–Kier alpha value is -2.13. The number of nitrogens with two attached hydrogens (primary N) is 1. The van der Waals surface area contributed by atoms with Crippen molar-refractivity contribution in [2.75, 3.05) is 5.32 Å². The SMILES string of the molecule is C[C@H](NC(=S)Nc1ccc(C(N)=O)c(C(F)(F)F)c1)c1ccc(Br)cc1. The second-order valence-corrected chi connectivity index (χ2v) is 6.82. The Kier molecular flexibility index (Phi) is 6.25. The Bertz CT molecular complexity index is 825. The molecule has 1 atom stereocenters. The van der Waals surface area contributed by atoms with E-state index in [0.717, 1.165) is 22.2 Å². The molecule has 26 heavy (non-hydrogen) atoms. The van der Waals surface area contributed by atoms with Gasteiger partial charge in [-0.05, 0) is 55.0 Å². The average Bonchev–Trinajstić information content (AvgIpc) is 2.54. The molecule has 0 heterocycles. The number of anilines is 1. The number of nitrogens with one attached hydrogen (secondary N) is 2. The number of carbonyl (C=O) groups excluding carboxylic acids is 1. The Balaban J connectivity index is 2.13. The second-order valence-electron chi connectivity index (χ2n) is 5.49. The second kappa shape index (κ2) is 8.05. The first-order chi connectivity index (χ1) is 12.1. The number of benzene rings is 2. The van der Waals surface area contributed by atoms with Crippen LogP contribution in [0.1, 0.15) is 34.5 Å². The maximum absolute atomic E-state index is 13.1. The molecule has 2 rings (SSSR count). The molecule has 0 spiro atoms. The summed E-state index contributed by atoms with van der Waals surface area (Å²) in [6.45, 7) is 1.87. The standard InChI is InChI=1S/C17H15BrF3N3OS/c1-9(10-2-4-11(18)5-3-10)23-16(26)24-12-6-7-13(15(22)25)14(8-12)17(19,20)21/h2-9H,1H3,(H2,22,25)(H2,23,24,26)/t9-/m0/s1. The third-order valence-corrected chi connectivity index (χ3v) is 4.31. The monoisotopic (exact) mass is 445 g/mol. The molecule has 4 nitrogen and oxygen atoms in total. The summed E-state index contributed by atoms with van der Waals surface area (Å²) in [6.07, 6.45) is -4.71. The zero-order valence-electron chi connectivity index (χ0n) is 13.5. The number of hydrogen-bond donors (Lipinski definition) is 3. The van der Waals surface area contributed by atoms with Gasteiger partial charge in [0.15, 0.2) is 5.11 Å². The van der Waals surface area contributed by atoms with Gasteiger partial charge in [0.2, 0.25) is 5.91 Å². The first-order valence-electron chi connectivity index (χ1n) is 7.42. The van der Waals surface area contributed by atoms with Gasteiger partial charge in [-0.15, -0.1) is 0 Å². The molecule has 0 radical (unpaired) electrons. The van der Waals surface area contributed by atoms with E-state index in [2.05, 4.69) is 26.6 Å². The quantitative estimate of drug-likeness (QED) is 0.600. The first-order valence-corrected chi connectivity index (χ1v) is 8.62. The van der Waals surface area contributed by atoms with E-state index in [9.17, 15) is 18.0 Å². The third-order valence-electron chi connectivity index (χ3n) is 3.57. The molecule has 1 amide bonds. The van der Waals surface area contributed by atoms with Gasteiger partial charge in [-0.3, -0.25) is 4.79 Å². The molecule has 9 heteroatoms. The summed E-state index contributed by atoms with van der Waals surface area (Å²) in [7, 11) is 0. The van der Waals surface area contributed by atoms with Crippen molar-refractivity contribution in [2.24, 2.45) is 5.73 Å². The highest BCUT2D eigenvalue weighted by Gasteiger charge is 2.35. The molecular weight excluding hydrogens is 431 g/mol. The summed E-state index contributed by atoms with van der Waals surface area (Å²) < 4.78 is 40.2. The van der Waals surface area contributed by atoms with Gasteiger partial charge >= 0.3 is 6.18 Å². The lowest BCUT2D eigenvalue weighted by Crippen LogP contribution is -2.31. The molecule has 0 aliphatic rings. The van der Waals surface area contributed by atoms with Crippen molar-refractivity contribution in [3.8, 4) is 0 Å². The van der Waals surface area contributed by atoms with Crippen molar-refractivity contribution >= 4 is 44.9 Å². The number of thiocarbonyl (C=S) groups is 1. The van der Waals surface area contributed by atoms with E-state index in [4.69, 9.17) is 18.0 Å². The molecule has 0 bridgehead atoms. The van der Waals surface area contributed by atoms with Crippen molar-refractivity contribution in [3.05, 3.63) is 63.6 Å². The minimum absolute atomic E-state index is 0.0998. The maximum Gasteiger partial charge on any atom is 0.417 e. The highest BCUT2D eigenvalue weighted by Crippen LogP contribution is 2.33. The van der Waals surface area contributed by atoms with Crippen molar-refractivity contribution in [1.29, 1.82) is 0 Å². The maximum atomic E-state index is 13.1. The molecule has 2 aromatic rings. The van der Waals surface area contributed by atoms with Crippen molar-refractivity contribution < 1.29 is 18.0 Å². The zero-order valence-corrected chi connectivity index (χ0v) is 15.9. The summed E-state index contributed by atoms with van der Waals surface area (Å²) >= 11 is 8.50. The van der Waals surface area contributed by atoms with Gasteiger partial charge in [0.1, 0.15) is 0 Å². The molecule has 0 aromatic heterocycles. The van der Waals surface area contributed by atoms with Crippen LogP contribution >= 0.6 is 28.1 Å². The Labute approximate surface area is 162 Å². The predicted molar refractivity (Wildman–Crippen MR) is 102 cm³/mol. The average molecular weight is 446 g/mol. The van der Waals surface area contributed by atoms with Crippen LogP contribution < -0.4 is 16.4 Å². The van der Waals surface area contributed by atoms with E-state index in [1.54, 1.807) is 0 Å². The lowest BCUT2D eigenvalue weighted by molar-refractivity contribution is -0.137.